The van der Waals surface area contributed by atoms with Crippen molar-refractivity contribution in [3.63, 3.8) is 0 Å². The number of nitrogens with one attached hydrogen (secondary N) is 1. The zero-order chi connectivity index (χ0) is 21.2. The smallest absolute Gasteiger partial charge is 0.244 e. The molecule has 3 rings (SSSR count). The van der Waals surface area contributed by atoms with Crippen LogP contribution in [-0.2, 0) is 16.6 Å². The molecule has 0 aliphatic carbocycles. The summed E-state index contributed by atoms with van der Waals surface area (Å²) >= 11 is 5.41. The Morgan fingerprint density at radius 1 is 1.31 bits per heavy atom. The third-order valence-electron chi connectivity index (χ3n) is 4.72. The van der Waals surface area contributed by atoms with Gasteiger partial charge >= 0.3 is 0 Å². The predicted molar refractivity (Wildman–Crippen MR) is 114 cm³/mol. The molecule has 0 unspecified atom stereocenters. The first-order valence-electron chi connectivity index (χ1n) is 8.91. The summed E-state index contributed by atoms with van der Waals surface area (Å²) in [6.07, 6.45) is 4.33. The molecular formula is C20H22ClFN4O2S. The van der Waals surface area contributed by atoms with E-state index in [1.807, 2.05) is 35.8 Å². The molecule has 0 fully saturated rings. The van der Waals surface area contributed by atoms with Crippen LogP contribution in [0.2, 0.25) is 0 Å². The summed E-state index contributed by atoms with van der Waals surface area (Å²) in [5.41, 5.74) is 3.15. The number of hydrogen-bond acceptors (Lipinski definition) is 4. The van der Waals surface area contributed by atoms with Gasteiger partial charge < -0.3 is 4.57 Å². The summed E-state index contributed by atoms with van der Waals surface area (Å²) < 4.78 is 42.4. The highest BCUT2D eigenvalue weighted by Crippen LogP contribution is 2.35. The number of hydrogen-bond donors (Lipinski definition) is 1. The van der Waals surface area contributed by atoms with Crippen molar-refractivity contribution in [1.82, 2.24) is 18.7 Å². The first kappa shape index (κ1) is 21.4. The van der Waals surface area contributed by atoms with Crippen LogP contribution in [0.5, 0.6) is 0 Å². The molecule has 0 saturated carbocycles. The minimum absolute atomic E-state index is 0.0496. The van der Waals surface area contributed by atoms with Gasteiger partial charge in [-0.05, 0) is 36.9 Å². The predicted octanol–water partition coefficient (Wildman–Crippen LogP) is 3.86. The van der Waals surface area contributed by atoms with E-state index in [-0.39, 0.29) is 23.8 Å². The maximum absolute atomic E-state index is 14.3. The molecule has 3 aromatic rings. The Morgan fingerprint density at radius 2 is 2.03 bits per heavy atom. The van der Waals surface area contributed by atoms with Crippen LogP contribution in [0.25, 0.3) is 22.0 Å². The Kier molecular flexibility index (Phi) is 6.38. The molecule has 0 aliphatic rings. The monoisotopic (exact) mass is 436 g/mol. The lowest BCUT2D eigenvalue weighted by Gasteiger charge is -2.12. The van der Waals surface area contributed by atoms with E-state index < -0.39 is 10.0 Å². The number of para-hydroxylation sites is 1. The number of fused-ring (bicyclic) bond motifs is 1. The summed E-state index contributed by atoms with van der Waals surface area (Å²) in [5, 5.41) is 0.898. The van der Waals surface area contributed by atoms with Crippen LogP contribution in [0.4, 0.5) is 4.39 Å². The molecule has 154 valence electrons. The SMILES string of the molecule is Cc1c(-c2cncc(S(=O)(=O)N(C)C)c2)c2ccccc2n1C/C(F)=C/CNCl. The summed E-state index contributed by atoms with van der Waals surface area (Å²) in [5.74, 6) is -0.324. The summed E-state index contributed by atoms with van der Waals surface area (Å²) in [7, 11) is -0.668. The van der Waals surface area contributed by atoms with Crippen molar-refractivity contribution in [3.8, 4) is 11.1 Å². The highest BCUT2D eigenvalue weighted by Gasteiger charge is 2.21. The lowest BCUT2D eigenvalue weighted by atomic mass is 10.0. The first-order chi connectivity index (χ1) is 13.8. The van der Waals surface area contributed by atoms with Crippen molar-refractivity contribution in [2.24, 2.45) is 0 Å². The average Bonchev–Trinajstić information content (AvgIpc) is 2.98. The maximum atomic E-state index is 14.3. The fraction of sp³-hybridized carbons (Fsp3) is 0.250. The molecule has 9 heteroatoms. The number of rotatable bonds is 7. The van der Waals surface area contributed by atoms with E-state index in [0.717, 1.165) is 26.5 Å². The van der Waals surface area contributed by atoms with E-state index in [0.29, 0.717) is 5.56 Å². The highest BCUT2D eigenvalue weighted by molar-refractivity contribution is 7.89. The molecule has 0 atom stereocenters. The number of benzene rings is 1. The number of sulfonamides is 1. The zero-order valence-corrected chi connectivity index (χ0v) is 17.9. The van der Waals surface area contributed by atoms with Crippen LogP contribution >= 0.6 is 11.8 Å². The van der Waals surface area contributed by atoms with Gasteiger partial charge in [0.15, 0.2) is 0 Å². The van der Waals surface area contributed by atoms with Gasteiger partial charge in [-0.1, -0.05) is 18.2 Å². The Morgan fingerprint density at radius 3 is 2.72 bits per heavy atom. The number of allylic oxidation sites excluding steroid dienone is 1. The van der Waals surface area contributed by atoms with E-state index in [4.69, 9.17) is 11.8 Å². The molecule has 0 radical (unpaired) electrons. The van der Waals surface area contributed by atoms with Crippen LogP contribution in [0.3, 0.4) is 0 Å². The third kappa shape index (κ3) is 4.20. The third-order valence-corrected chi connectivity index (χ3v) is 6.66. The molecule has 0 aliphatic heterocycles. The Labute approximate surface area is 174 Å². The molecule has 0 bridgehead atoms. The minimum Gasteiger partial charge on any atom is -0.337 e. The Bertz CT molecular complexity index is 1170. The lowest BCUT2D eigenvalue weighted by molar-refractivity contribution is 0.520. The van der Waals surface area contributed by atoms with Gasteiger partial charge in [0.05, 0.1) is 6.54 Å². The summed E-state index contributed by atoms with van der Waals surface area (Å²) in [4.78, 5) is 6.63. The Hall–Kier alpha value is -2.26. The molecule has 0 saturated heterocycles. The second-order valence-corrected chi connectivity index (χ2v) is 9.17. The van der Waals surface area contributed by atoms with Gasteiger partial charge in [0.2, 0.25) is 10.0 Å². The molecule has 0 spiro atoms. The number of halogens is 2. The van der Waals surface area contributed by atoms with E-state index >= 15 is 0 Å². The van der Waals surface area contributed by atoms with Crippen LogP contribution in [0, 0.1) is 6.92 Å². The average molecular weight is 437 g/mol. The van der Waals surface area contributed by atoms with Crippen LogP contribution in [0.1, 0.15) is 5.69 Å². The lowest BCUT2D eigenvalue weighted by Crippen LogP contribution is -2.22. The van der Waals surface area contributed by atoms with E-state index in [2.05, 4.69) is 9.82 Å². The van der Waals surface area contributed by atoms with Crippen LogP contribution < -0.4 is 4.84 Å². The standard InChI is InChI=1S/C20H22ClFN4O2S/c1-14-20(15-10-17(12-23-11-15)29(27,28)25(2)3)18-6-4-5-7-19(18)26(14)13-16(22)8-9-24-21/h4-8,10-12,24H,9,13H2,1-3H3/b16-8-. The zero-order valence-electron chi connectivity index (χ0n) is 16.4. The fourth-order valence-electron chi connectivity index (χ4n) is 3.27. The van der Waals surface area contributed by atoms with Gasteiger partial charge in [0.1, 0.15) is 10.7 Å². The van der Waals surface area contributed by atoms with E-state index in [1.54, 1.807) is 12.3 Å². The van der Waals surface area contributed by atoms with Crippen molar-refractivity contribution in [3.05, 3.63) is 60.3 Å². The molecule has 2 aromatic heterocycles. The second-order valence-electron chi connectivity index (χ2n) is 6.75. The topological polar surface area (TPSA) is 67.2 Å². The number of nitrogens with zero attached hydrogens (tertiary/aromatic N) is 3. The van der Waals surface area contributed by atoms with Crippen molar-refractivity contribution in [2.45, 2.75) is 18.4 Å². The largest absolute Gasteiger partial charge is 0.337 e. The molecule has 1 N–H and O–H groups in total. The number of pyridine rings is 1. The first-order valence-corrected chi connectivity index (χ1v) is 10.7. The fourth-order valence-corrected chi connectivity index (χ4v) is 4.24. The number of aromatic nitrogens is 2. The van der Waals surface area contributed by atoms with Crippen LogP contribution in [-0.4, -0.2) is 42.9 Å². The van der Waals surface area contributed by atoms with Crippen molar-refractivity contribution >= 4 is 32.7 Å². The van der Waals surface area contributed by atoms with Gasteiger partial charge in [-0.15, -0.1) is 0 Å². The molecule has 2 heterocycles. The molecular weight excluding hydrogens is 415 g/mol. The van der Waals surface area contributed by atoms with Gasteiger partial charge in [-0.3, -0.25) is 4.98 Å². The van der Waals surface area contributed by atoms with Gasteiger partial charge in [0, 0.05) is 60.8 Å². The highest BCUT2D eigenvalue weighted by atomic mass is 35.5. The summed E-state index contributed by atoms with van der Waals surface area (Å²) in [6, 6.07) is 9.23. The van der Waals surface area contributed by atoms with Gasteiger partial charge in [-0.2, -0.15) is 0 Å². The summed E-state index contributed by atoms with van der Waals surface area (Å²) in [6.45, 7) is 2.15. The van der Waals surface area contributed by atoms with Gasteiger partial charge in [-0.25, -0.2) is 21.9 Å². The minimum atomic E-state index is -3.62. The Balaban J connectivity index is 2.18. The van der Waals surface area contributed by atoms with E-state index in [1.165, 1.54) is 26.4 Å². The normalized spacial score (nSPS) is 12.8. The van der Waals surface area contributed by atoms with Crippen molar-refractivity contribution in [1.29, 1.82) is 0 Å². The van der Waals surface area contributed by atoms with Crippen molar-refractivity contribution in [2.75, 3.05) is 20.6 Å². The molecule has 29 heavy (non-hydrogen) atoms. The van der Waals surface area contributed by atoms with Crippen molar-refractivity contribution < 1.29 is 12.8 Å². The maximum Gasteiger partial charge on any atom is 0.244 e. The van der Waals surface area contributed by atoms with Crippen LogP contribution in [0.15, 0.2) is 59.5 Å². The molecule has 1 aromatic carbocycles. The second kappa shape index (κ2) is 8.62. The van der Waals surface area contributed by atoms with E-state index in [9.17, 15) is 12.8 Å². The quantitative estimate of drug-likeness (QED) is 0.571. The van der Waals surface area contributed by atoms with Gasteiger partial charge in [0.25, 0.3) is 0 Å². The molecule has 6 nitrogen and oxygen atoms in total. The molecule has 0 amide bonds.